The van der Waals surface area contributed by atoms with Gasteiger partial charge in [0.2, 0.25) is 0 Å². The summed E-state index contributed by atoms with van der Waals surface area (Å²) in [5.41, 5.74) is 1.13. The number of nitrogens with one attached hydrogen (secondary N) is 1. The van der Waals surface area contributed by atoms with E-state index in [2.05, 4.69) is 5.32 Å². The number of carboxylic acid groups (broad SMARTS) is 1. The van der Waals surface area contributed by atoms with E-state index in [1.807, 2.05) is 6.92 Å². The van der Waals surface area contributed by atoms with Gasteiger partial charge in [-0.05, 0) is 30.7 Å². The number of fused-ring (bicyclic) bond motifs is 1. The van der Waals surface area contributed by atoms with Gasteiger partial charge < -0.3 is 19.9 Å². The molecule has 1 heterocycles. The van der Waals surface area contributed by atoms with E-state index in [4.69, 9.17) is 14.6 Å². The van der Waals surface area contributed by atoms with Crippen molar-refractivity contribution in [3.05, 3.63) is 29.3 Å². The van der Waals surface area contributed by atoms with E-state index < -0.39 is 17.9 Å². The smallest absolute Gasteiger partial charge is 0.326 e. The third-order valence-electron chi connectivity index (χ3n) is 3.40. The predicted molar refractivity (Wildman–Crippen MR) is 80.9 cm³/mol. The van der Waals surface area contributed by atoms with Gasteiger partial charge in [0.25, 0.3) is 5.91 Å². The van der Waals surface area contributed by atoms with Gasteiger partial charge in [0, 0.05) is 5.56 Å². The molecule has 6 heteroatoms. The summed E-state index contributed by atoms with van der Waals surface area (Å²) in [5.74, 6) is -0.126. The van der Waals surface area contributed by atoms with Crippen molar-refractivity contribution in [2.45, 2.75) is 25.8 Å². The van der Waals surface area contributed by atoms with E-state index in [1.54, 1.807) is 31.4 Å². The molecule has 1 aromatic rings. The van der Waals surface area contributed by atoms with E-state index in [0.29, 0.717) is 29.9 Å². The van der Waals surface area contributed by atoms with Gasteiger partial charge in [-0.15, -0.1) is 0 Å². The number of amides is 1. The Morgan fingerprint density at radius 2 is 2.23 bits per heavy atom. The van der Waals surface area contributed by atoms with Crippen molar-refractivity contribution < 1.29 is 24.2 Å². The number of carboxylic acids is 1. The number of carbonyl (C=O) groups excluding carboxylic acids is 1. The number of aliphatic carboxylic acids is 1. The molecule has 1 aliphatic heterocycles. The number of carbonyl (C=O) groups is 2. The Morgan fingerprint density at radius 1 is 1.45 bits per heavy atom. The van der Waals surface area contributed by atoms with Crippen LogP contribution in [0.2, 0.25) is 0 Å². The van der Waals surface area contributed by atoms with Crippen LogP contribution in [0.25, 0.3) is 6.08 Å². The fourth-order valence-corrected chi connectivity index (χ4v) is 2.21. The number of hydrogen-bond acceptors (Lipinski definition) is 4. The molecule has 0 aromatic heterocycles. The fraction of sp³-hybridized carbons (Fsp3) is 0.375. The van der Waals surface area contributed by atoms with E-state index in [1.165, 1.54) is 0 Å². The molecule has 1 amide bonds. The Balaban J connectivity index is 2.16. The molecule has 0 bridgehead atoms. The van der Waals surface area contributed by atoms with Gasteiger partial charge in [-0.2, -0.15) is 0 Å². The minimum Gasteiger partial charge on any atom is -0.497 e. The van der Waals surface area contributed by atoms with E-state index in [9.17, 15) is 9.59 Å². The van der Waals surface area contributed by atoms with E-state index in [0.717, 1.165) is 5.56 Å². The van der Waals surface area contributed by atoms with Crippen LogP contribution in [0, 0.1) is 0 Å². The lowest BCUT2D eigenvalue weighted by atomic mass is 10.1. The first-order valence-electron chi connectivity index (χ1n) is 7.10. The summed E-state index contributed by atoms with van der Waals surface area (Å²) in [4.78, 5) is 23.3. The second-order valence-electron chi connectivity index (χ2n) is 5.01. The predicted octanol–water partition coefficient (Wildman–Crippen LogP) is 1.84. The van der Waals surface area contributed by atoms with Crippen molar-refractivity contribution >= 4 is 18.0 Å². The molecular weight excluding hydrogens is 286 g/mol. The van der Waals surface area contributed by atoms with Crippen LogP contribution in [0.3, 0.4) is 0 Å². The van der Waals surface area contributed by atoms with E-state index in [-0.39, 0.29) is 6.61 Å². The van der Waals surface area contributed by atoms with Gasteiger partial charge in [0.15, 0.2) is 0 Å². The van der Waals surface area contributed by atoms with Gasteiger partial charge in [0.1, 0.15) is 24.1 Å². The molecule has 2 N–H and O–H groups in total. The highest BCUT2D eigenvalue weighted by Gasteiger charge is 2.23. The van der Waals surface area contributed by atoms with E-state index >= 15 is 0 Å². The summed E-state index contributed by atoms with van der Waals surface area (Å²) in [6.07, 6.45) is 2.76. The standard InChI is InChI=1S/C16H19NO5/c1-3-4-13(16(19)20)17-15(18)11-7-10-8-12(21-2)5-6-14(10)22-9-11/h5-8,13H,3-4,9H2,1-2H3,(H,17,18)(H,19,20). The Labute approximate surface area is 128 Å². The van der Waals surface area contributed by atoms with Gasteiger partial charge in [-0.1, -0.05) is 13.3 Å². The summed E-state index contributed by atoms with van der Waals surface area (Å²) in [7, 11) is 1.56. The Kier molecular flexibility index (Phi) is 5.04. The van der Waals surface area contributed by atoms with Crippen LogP contribution in [0.1, 0.15) is 25.3 Å². The summed E-state index contributed by atoms with van der Waals surface area (Å²) in [5, 5.41) is 11.6. The lowest BCUT2D eigenvalue weighted by molar-refractivity contribution is -0.141. The Morgan fingerprint density at radius 3 is 2.86 bits per heavy atom. The first kappa shape index (κ1) is 15.9. The molecule has 0 aliphatic carbocycles. The summed E-state index contributed by atoms with van der Waals surface area (Å²) in [6, 6.07) is 4.43. The van der Waals surface area contributed by atoms with Crippen LogP contribution >= 0.6 is 0 Å². The van der Waals surface area contributed by atoms with Crippen LogP contribution in [0.4, 0.5) is 0 Å². The molecule has 1 aromatic carbocycles. The number of benzene rings is 1. The lowest BCUT2D eigenvalue weighted by Gasteiger charge is -2.20. The first-order valence-corrected chi connectivity index (χ1v) is 7.10. The minimum atomic E-state index is -1.03. The topological polar surface area (TPSA) is 84.9 Å². The fourth-order valence-electron chi connectivity index (χ4n) is 2.21. The molecule has 0 saturated carbocycles. The highest BCUT2D eigenvalue weighted by molar-refractivity contribution is 6.00. The monoisotopic (exact) mass is 305 g/mol. The zero-order valence-corrected chi connectivity index (χ0v) is 12.6. The third-order valence-corrected chi connectivity index (χ3v) is 3.40. The molecular formula is C16H19NO5. The summed E-state index contributed by atoms with van der Waals surface area (Å²) in [6.45, 7) is 1.98. The minimum absolute atomic E-state index is 0.115. The van der Waals surface area contributed by atoms with Crippen molar-refractivity contribution in [1.82, 2.24) is 5.32 Å². The maximum Gasteiger partial charge on any atom is 0.326 e. The van der Waals surface area contributed by atoms with Crippen molar-refractivity contribution in [3.8, 4) is 11.5 Å². The summed E-state index contributed by atoms with van der Waals surface area (Å²) < 4.78 is 10.7. The maximum atomic E-state index is 12.2. The number of hydrogen-bond donors (Lipinski definition) is 2. The molecule has 0 spiro atoms. The van der Waals surface area contributed by atoms with Gasteiger partial charge >= 0.3 is 5.97 Å². The average molecular weight is 305 g/mol. The van der Waals surface area contributed by atoms with Crippen molar-refractivity contribution in [3.63, 3.8) is 0 Å². The Bertz CT molecular complexity index is 609. The van der Waals surface area contributed by atoms with Gasteiger partial charge in [-0.25, -0.2) is 4.79 Å². The Hall–Kier alpha value is -2.50. The quantitative estimate of drug-likeness (QED) is 0.837. The molecule has 0 saturated heterocycles. The largest absolute Gasteiger partial charge is 0.497 e. The van der Waals surface area contributed by atoms with Crippen molar-refractivity contribution in [2.24, 2.45) is 0 Å². The molecule has 0 radical (unpaired) electrons. The van der Waals surface area contributed by atoms with Crippen LogP contribution < -0.4 is 14.8 Å². The molecule has 2 rings (SSSR count). The maximum absolute atomic E-state index is 12.2. The van der Waals surface area contributed by atoms with Crippen LogP contribution in [-0.2, 0) is 9.59 Å². The zero-order chi connectivity index (χ0) is 16.1. The number of ether oxygens (including phenoxy) is 2. The molecule has 118 valence electrons. The van der Waals surface area contributed by atoms with Gasteiger partial charge in [0.05, 0.1) is 12.7 Å². The molecule has 22 heavy (non-hydrogen) atoms. The van der Waals surface area contributed by atoms with Crippen LogP contribution in [0.15, 0.2) is 23.8 Å². The highest BCUT2D eigenvalue weighted by atomic mass is 16.5. The number of methoxy groups -OCH3 is 1. The van der Waals surface area contributed by atoms with Crippen molar-refractivity contribution in [1.29, 1.82) is 0 Å². The number of rotatable bonds is 6. The third kappa shape index (κ3) is 3.58. The molecule has 6 nitrogen and oxygen atoms in total. The lowest BCUT2D eigenvalue weighted by Crippen LogP contribution is -2.42. The first-order chi connectivity index (χ1) is 10.5. The molecule has 0 fully saturated rings. The van der Waals surface area contributed by atoms with Crippen LogP contribution in [0.5, 0.6) is 11.5 Å². The van der Waals surface area contributed by atoms with Gasteiger partial charge in [-0.3, -0.25) is 4.79 Å². The second kappa shape index (κ2) is 6.98. The second-order valence-corrected chi connectivity index (χ2v) is 5.01. The molecule has 1 aliphatic rings. The zero-order valence-electron chi connectivity index (χ0n) is 12.6. The van der Waals surface area contributed by atoms with Crippen LogP contribution in [-0.4, -0.2) is 36.7 Å². The van der Waals surface area contributed by atoms with Crippen molar-refractivity contribution in [2.75, 3.05) is 13.7 Å². The summed E-state index contributed by atoms with van der Waals surface area (Å²) >= 11 is 0. The normalized spacial score (nSPS) is 14.2. The molecule has 1 unspecified atom stereocenters. The SMILES string of the molecule is CCCC(NC(=O)C1=Cc2cc(OC)ccc2OC1)C(=O)O. The highest BCUT2D eigenvalue weighted by Crippen LogP contribution is 2.29. The molecule has 1 atom stereocenters. The average Bonchev–Trinajstić information content (AvgIpc) is 2.53.